The zero-order chi connectivity index (χ0) is 24.4. The fourth-order valence-corrected chi connectivity index (χ4v) is 3.54. The van der Waals surface area contributed by atoms with Gasteiger partial charge >= 0.3 is 11.9 Å². The molecule has 0 spiro atoms. The molecule has 0 aliphatic heterocycles. The predicted octanol–water partition coefficient (Wildman–Crippen LogP) is 5.18. The fraction of sp³-hybridized carbons (Fsp3) is 0.440. The lowest BCUT2D eigenvalue weighted by atomic mass is 9.78. The number of carbonyl (C=O) groups is 2. The number of hydrogen-bond acceptors (Lipinski definition) is 7. The standard InChI is InChI=1S/C25H31ClO6S/c1-17(27)30-15-22(32-18(2)28)16-31-21-9-6-19(7-10-21)25(3,4)20-8-11-23(24(33)14-20)29-13-5-12-26/h6-11,14,22,33H,5,12-13,15-16H2,1-4H3. The molecule has 0 heterocycles. The quantitative estimate of drug-likeness (QED) is 0.190. The molecule has 0 saturated carbocycles. The van der Waals surface area contributed by atoms with Gasteiger partial charge in [0.2, 0.25) is 0 Å². The second-order valence-corrected chi connectivity index (χ2v) is 8.93. The number of carbonyl (C=O) groups excluding carboxylic acids is 2. The molecule has 1 atom stereocenters. The highest BCUT2D eigenvalue weighted by Gasteiger charge is 2.24. The van der Waals surface area contributed by atoms with Crippen LogP contribution in [0.15, 0.2) is 47.4 Å². The first-order chi connectivity index (χ1) is 15.6. The highest BCUT2D eigenvalue weighted by atomic mass is 35.5. The maximum atomic E-state index is 11.3. The van der Waals surface area contributed by atoms with Gasteiger partial charge in [0.05, 0.1) is 6.61 Å². The van der Waals surface area contributed by atoms with Crippen LogP contribution in [-0.2, 0) is 24.5 Å². The second-order valence-electron chi connectivity index (χ2n) is 8.07. The summed E-state index contributed by atoms with van der Waals surface area (Å²) in [7, 11) is 0. The van der Waals surface area contributed by atoms with Crippen molar-refractivity contribution in [3.05, 3.63) is 53.6 Å². The summed E-state index contributed by atoms with van der Waals surface area (Å²) in [6, 6.07) is 13.7. The van der Waals surface area contributed by atoms with Gasteiger partial charge in [0.1, 0.15) is 24.7 Å². The van der Waals surface area contributed by atoms with E-state index in [0.717, 1.165) is 28.2 Å². The zero-order valence-corrected chi connectivity index (χ0v) is 21.1. The normalized spacial score (nSPS) is 12.1. The van der Waals surface area contributed by atoms with E-state index in [2.05, 4.69) is 26.5 Å². The van der Waals surface area contributed by atoms with E-state index in [1.807, 2.05) is 42.5 Å². The number of benzene rings is 2. The zero-order valence-electron chi connectivity index (χ0n) is 19.4. The van der Waals surface area contributed by atoms with Gasteiger partial charge in [-0.2, -0.15) is 0 Å². The lowest BCUT2D eigenvalue weighted by Crippen LogP contribution is -2.29. The average Bonchev–Trinajstić information content (AvgIpc) is 2.76. The Morgan fingerprint density at radius 2 is 1.64 bits per heavy atom. The van der Waals surface area contributed by atoms with Gasteiger partial charge < -0.3 is 18.9 Å². The molecule has 0 aliphatic rings. The first kappa shape index (κ1) is 26.9. The van der Waals surface area contributed by atoms with Gasteiger partial charge in [-0.05, 0) is 41.8 Å². The van der Waals surface area contributed by atoms with Crippen LogP contribution < -0.4 is 9.47 Å². The summed E-state index contributed by atoms with van der Waals surface area (Å²) in [5.74, 6) is 1.00. The van der Waals surface area contributed by atoms with Crippen LogP contribution in [0.2, 0.25) is 0 Å². The first-order valence-corrected chi connectivity index (χ1v) is 11.7. The highest BCUT2D eigenvalue weighted by molar-refractivity contribution is 7.80. The molecule has 2 aromatic rings. The Hall–Kier alpha value is -2.38. The molecule has 0 saturated heterocycles. The molecule has 0 fully saturated rings. The highest BCUT2D eigenvalue weighted by Crippen LogP contribution is 2.36. The van der Waals surface area contributed by atoms with E-state index < -0.39 is 18.0 Å². The molecule has 180 valence electrons. The van der Waals surface area contributed by atoms with E-state index in [1.165, 1.54) is 13.8 Å². The van der Waals surface area contributed by atoms with Crippen LogP contribution in [0.25, 0.3) is 0 Å². The molecule has 0 aliphatic carbocycles. The fourth-order valence-electron chi connectivity index (χ4n) is 3.15. The van der Waals surface area contributed by atoms with Crippen molar-refractivity contribution >= 4 is 36.2 Å². The summed E-state index contributed by atoms with van der Waals surface area (Å²) < 4.78 is 21.6. The summed E-state index contributed by atoms with van der Waals surface area (Å²) in [6.07, 6.45) is 0.100. The third-order valence-electron chi connectivity index (χ3n) is 5.03. The average molecular weight is 495 g/mol. The molecule has 0 radical (unpaired) electrons. The molecule has 0 amide bonds. The van der Waals surface area contributed by atoms with Gasteiger partial charge in [-0.1, -0.05) is 32.0 Å². The lowest BCUT2D eigenvalue weighted by molar-refractivity contribution is -0.158. The van der Waals surface area contributed by atoms with E-state index in [1.54, 1.807) is 0 Å². The third kappa shape index (κ3) is 8.48. The second kappa shape index (κ2) is 12.8. The molecular weight excluding hydrogens is 464 g/mol. The molecule has 1 unspecified atom stereocenters. The Balaban J connectivity index is 2.05. The van der Waals surface area contributed by atoms with Crippen LogP contribution in [-0.4, -0.2) is 43.7 Å². The third-order valence-corrected chi connectivity index (χ3v) is 5.65. The van der Waals surface area contributed by atoms with E-state index in [-0.39, 0.29) is 18.6 Å². The molecule has 2 aromatic carbocycles. The van der Waals surface area contributed by atoms with Crippen LogP contribution in [0, 0.1) is 0 Å². The summed E-state index contributed by atoms with van der Waals surface area (Å²) in [4.78, 5) is 23.1. The van der Waals surface area contributed by atoms with Crippen molar-refractivity contribution in [3.63, 3.8) is 0 Å². The molecule has 33 heavy (non-hydrogen) atoms. The minimum absolute atomic E-state index is 0.0579. The predicted molar refractivity (Wildman–Crippen MR) is 131 cm³/mol. The minimum Gasteiger partial charge on any atom is -0.492 e. The SMILES string of the molecule is CC(=O)OCC(COc1ccc(C(C)(C)c2ccc(OCCCCl)c(S)c2)cc1)OC(C)=O. The summed E-state index contributed by atoms with van der Waals surface area (Å²) in [6.45, 7) is 7.43. The largest absolute Gasteiger partial charge is 0.492 e. The Kier molecular flexibility index (Phi) is 10.4. The van der Waals surface area contributed by atoms with Gasteiger partial charge in [-0.3, -0.25) is 9.59 Å². The van der Waals surface area contributed by atoms with Crippen molar-refractivity contribution < 1.29 is 28.5 Å². The monoisotopic (exact) mass is 494 g/mol. The first-order valence-electron chi connectivity index (χ1n) is 10.7. The van der Waals surface area contributed by atoms with Crippen LogP contribution >= 0.6 is 24.2 Å². The summed E-state index contributed by atoms with van der Waals surface area (Å²) >= 11 is 10.3. The number of ether oxygens (including phenoxy) is 4. The van der Waals surface area contributed by atoms with E-state index in [4.69, 9.17) is 30.5 Å². The number of thiol groups is 1. The van der Waals surface area contributed by atoms with Gasteiger partial charge in [0.15, 0.2) is 6.10 Å². The smallest absolute Gasteiger partial charge is 0.303 e. The van der Waals surface area contributed by atoms with Crippen LogP contribution in [0.5, 0.6) is 11.5 Å². The van der Waals surface area contributed by atoms with Crippen LogP contribution in [0.1, 0.15) is 45.2 Å². The molecule has 0 aromatic heterocycles. The van der Waals surface area contributed by atoms with Crippen molar-refractivity contribution in [3.8, 4) is 11.5 Å². The molecule has 0 bridgehead atoms. The molecule has 2 rings (SSSR count). The topological polar surface area (TPSA) is 71.1 Å². The van der Waals surface area contributed by atoms with Gasteiger partial charge in [0, 0.05) is 30.0 Å². The molecule has 6 nitrogen and oxygen atoms in total. The van der Waals surface area contributed by atoms with Gasteiger partial charge in [-0.25, -0.2) is 0 Å². The van der Waals surface area contributed by atoms with Crippen molar-refractivity contribution in [1.29, 1.82) is 0 Å². The molecule has 8 heteroatoms. The lowest BCUT2D eigenvalue weighted by Gasteiger charge is -2.27. The van der Waals surface area contributed by atoms with Gasteiger partial charge in [-0.15, -0.1) is 24.2 Å². The molecular formula is C25H31ClO6S. The van der Waals surface area contributed by atoms with E-state index >= 15 is 0 Å². The molecule has 0 N–H and O–H groups in total. The number of hydrogen-bond donors (Lipinski definition) is 1. The maximum Gasteiger partial charge on any atom is 0.303 e. The Morgan fingerprint density at radius 1 is 0.970 bits per heavy atom. The maximum absolute atomic E-state index is 11.3. The van der Waals surface area contributed by atoms with Crippen LogP contribution in [0.4, 0.5) is 0 Å². The number of esters is 2. The van der Waals surface area contributed by atoms with Crippen molar-refractivity contribution in [2.24, 2.45) is 0 Å². The Morgan fingerprint density at radius 3 is 2.21 bits per heavy atom. The van der Waals surface area contributed by atoms with E-state index in [0.29, 0.717) is 18.2 Å². The number of rotatable bonds is 12. The number of alkyl halides is 1. The van der Waals surface area contributed by atoms with Crippen LogP contribution in [0.3, 0.4) is 0 Å². The van der Waals surface area contributed by atoms with Gasteiger partial charge in [0.25, 0.3) is 0 Å². The Bertz CT molecular complexity index is 929. The summed E-state index contributed by atoms with van der Waals surface area (Å²) in [5.41, 5.74) is 1.91. The minimum atomic E-state index is -0.679. The number of halogens is 1. The summed E-state index contributed by atoms with van der Waals surface area (Å²) in [5, 5.41) is 0. The Labute approximate surface area is 205 Å². The van der Waals surface area contributed by atoms with E-state index in [9.17, 15) is 9.59 Å². The van der Waals surface area contributed by atoms with Crippen molar-refractivity contribution in [1.82, 2.24) is 0 Å². The van der Waals surface area contributed by atoms with Crippen molar-refractivity contribution in [2.75, 3.05) is 25.7 Å². The van der Waals surface area contributed by atoms with Crippen molar-refractivity contribution in [2.45, 2.75) is 50.5 Å².